The number of esters is 1. The maximum absolute atomic E-state index is 12.4. The van der Waals surface area contributed by atoms with Crippen LogP contribution in [0.15, 0.2) is 54.6 Å². The van der Waals surface area contributed by atoms with Crippen molar-refractivity contribution in [2.75, 3.05) is 25.7 Å². The van der Waals surface area contributed by atoms with Gasteiger partial charge in [0.15, 0.2) is 12.4 Å². The predicted octanol–water partition coefficient (Wildman–Crippen LogP) is 2.97. The fourth-order valence-electron chi connectivity index (χ4n) is 2.41. The highest BCUT2D eigenvalue weighted by Crippen LogP contribution is 2.12. The largest absolute Gasteiger partial charge is 0.497 e. The van der Waals surface area contributed by atoms with E-state index in [4.69, 9.17) is 9.47 Å². The Kier molecular flexibility index (Phi) is 8.55. The molecule has 1 N–H and O–H groups in total. The summed E-state index contributed by atoms with van der Waals surface area (Å²) in [4.78, 5) is 37.0. The number of ketones is 1. The predicted molar refractivity (Wildman–Crippen MR) is 109 cm³/mol. The van der Waals surface area contributed by atoms with Gasteiger partial charge in [0.25, 0.3) is 5.91 Å². The van der Waals surface area contributed by atoms with Gasteiger partial charge in [0, 0.05) is 11.1 Å². The summed E-state index contributed by atoms with van der Waals surface area (Å²) in [5.74, 6) is -0.00464. The Labute approximate surface area is 168 Å². The molecule has 0 fully saturated rings. The van der Waals surface area contributed by atoms with E-state index in [0.717, 1.165) is 0 Å². The molecule has 0 aromatic heterocycles. The molecule has 7 heteroatoms. The number of carbonyl (C=O) groups excluding carboxylic acids is 3. The van der Waals surface area contributed by atoms with Gasteiger partial charge >= 0.3 is 5.97 Å². The van der Waals surface area contributed by atoms with E-state index in [2.05, 4.69) is 5.32 Å². The number of ether oxygens (including phenoxy) is 2. The van der Waals surface area contributed by atoms with Crippen molar-refractivity contribution < 1.29 is 23.9 Å². The number of thioether (sulfide) groups is 1. The van der Waals surface area contributed by atoms with Crippen molar-refractivity contribution >= 4 is 29.4 Å². The molecule has 2 aromatic carbocycles. The summed E-state index contributed by atoms with van der Waals surface area (Å²) in [5.41, 5.74) is 0.876. The molecule has 0 aliphatic carbocycles. The number of carbonyl (C=O) groups is 3. The average molecular weight is 401 g/mol. The molecule has 1 amide bonds. The summed E-state index contributed by atoms with van der Waals surface area (Å²) in [5, 5.41) is 2.69. The number of Topliss-reactive ketones (excluding diaryl/α,β-unsaturated/α-hetero) is 1. The maximum Gasteiger partial charge on any atom is 0.329 e. The smallest absolute Gasteiger partial charge is 0.329 e. The second-order valence-corrected chi connectivity index (χ2v) is 6.92. The van der Waals surface area contributed by atoms with E-state index >= 15 is 0 Å². The van der Waals surface area contributed by atoms with Crippen LogP contribution in [0.1, 0.15) is 27.1 Å². The lowest BCUT2D eigenvalue weighted by Crippen LogP contribution is -2.42. The van der Waals surface area contributed by atoms with Crippen molar-refractivity contribution in [3.05, 3.63) is 65.7 Å². The van der Waals surface area contributed by atoms with E-state index in [-0.39, 0.29) is 18.3 Å². The lowest BCUT2D eigenvalue weighted by Gasteiger charge is -2.17. The van der Waals surface area contributed by atoms with Gasteiger partial charge < -0.3 is 14.8 Å². The molecular weight excluding hydrogens is 378 g/mol. The lowest BCUT2D eigenvalue weighted by molar-refractivity contribution is -0.144. The van der Waals surface area contributed by atoms with Crippen molar-refractivity contribution in [3.8, 4) is 5.75 Å². The maximum atomic E-state index is 12.4. The molecule has 6 nitrogen and oxygen atoms in total. The van der Waals surface area contributed by atoms with Crippen LogP contribution in [0.3, 0.4) is 0 Å². The number of hydrogen-bond donors (Lipinski definition) is 1. The quantitative estimate of drug-likeness (QED) is 0.487. The van der Waals surface area contributed by atoms with Crippen LogP contribution in [0, 0.1) is 0 Å². The zero-order chi connectivity index (χ0) is 20.4. The number of rotatable bonds is 10. The number of amides is 1. The highest BCUT2D eigenvalue weighted by molar-refractivity contribution is 7.98. The first kappa shape index (κ1) is 21.5. The molecule has 2 rings (SSSR count). The van der Waals surface area contributed by atoms with Crippen LogP contribution in [-0.4, -0.2) is 49.4 Å². The normalized spacial score (nSPS) is 11.4. The molecule has 2 aromatic rings. The Balaban J connectivity index is 1.95. The first-order valence-corrected chi connectivity index (χ1v) is 10.1. The van der Waals surface area contributed by atoms with E-state index < -0.39 is 12.0 Å². The molecule has 0 saturated heterocycles. The summed E-state index contributed by atoms with van der Waals surface area (Å²) >= 11 is 1.56. The van der Waals surface area contributed by atoms with Crippen molar-refractivity contribution in [1.29, 1.82) is 0 Å². The number of benzene rings is 2. The highest BCUT2D eigenvalue weighted by atomic mass is 32.2. The van der Waals surface area contributed by atoms with Crippen molar-refractivity contribution in [2.45, 2.75) is 12.5 Å². The van der Waals surface area contributed by atoms with Gasteiger partial charge in [-0.05, 0) is 54.8 Å². The molecule has 0 aliphatic rings. The fraction of sp³-hybridized carbons (Fsp3) is 0.286. The van der Waals surface area contributed by atoms with E-state index in [0.29, 0.717) is 29.1 Å². The van der Waals surface area contributed by atoms with Gasteiger partial charge in [-0.25, -0.2) is 4.79 Å². The van der Waals surface area contributed by atoms with Gasteiger partial charge in [-0.1, -0.05) is 18.2 Å². The molecule has 0 radical (unpaired) electrons. The molecule has 0 spiro atoms. The summed E-state index contributed by atoms with van der Waals surface area (Å²) < 4.78 is 10.2. The molecule has 0 bridgehead atoms. The molecule has 28 heavy (non-hydrogen) atoms. The first-order valence-electron chi connectivity index (χ1n) is 8.74. The molecule has 1 atom stereocenters. The van der Waals surface area contributed by atoms with Crippen molar-refractivity contribution in [2.24, 2.45) is 0 Å². The van der Waals surface area contributed by atoms with Gasteiger partial charge in [-0.2, -0.15) is 11.8 Å². The van der Waals surface area contributed by atoms with E-state index in [1.165, 1.54) is 7.11 Å². The van der Waals surface area contributed by atoms with Crippen molar-refractivity contribution in [3.63, 3.8) is 0 Å². The van der Waals surface area contributed by atoms with Crippen LogP contribution >= 0.6 is 11.8 Å². The Bertz CT molecular complexity index is 792. The monoisotopic (exact) mass is 401 g/mol. The second kappa shape index (κ2) is 11.1. The van der Waals surface area contributed by atoms with Gasteiger partial charge in [-0.15, -0.1) is 0 Å². The number of hydrogen-bond acceptors (Lipinski definition) is 6. The fourth-order valence-corrected chi connectivity index (χ4v) is 2.88. The minimum atomic E-state index is -0.816. The van der Waals surface area contributed by atoms with Gasteiger partial charge in [0.1, 0.15) is 11.8 Å². The van der Waals surface area contributed by atoms with Crippen LogP contribution in [-0.2, 0) is 9.53 Å². The Morgan fingerprint density at radius 1 is 1.00 bits per heavy atom. The standard InChI is InChI=1S/C21H23NO5S/c1-26-17-10-8-15(9-11-17)19(23)14-27-21(25)18(12-13-28-2)22-20(24)16-6-4-3-5-7-16/h3-11,18H,12-14H2,1-2H3,(H,22,24)/t18-/m0/s1. The zero-order valence-corrected chi connectivity index (χ0v) is 16.7. The van der Waals surface area contributed by atoms with E-state index in [9.17, 15) is 14.4 Å². The summed E-state index contributed by atoms with van der Waals surface area (Å²) in [6, 6.07) is 14.4. The zero-order valence-electron chi connectivity index (χ0n) is 15.8. The molecular formula is C21H23NO5S. The van der Waals surface area contributed by atoms with Gasteiger partial charge in [0.05, 0.1) is 7.11 Å². The molecule has 0 saturated carbocycles. The molecule has 0 unspecified atom stereocenters. The lowest BCUT2D eigenvalue weighted by atomic mass is 10.1. The molecule has 0 heterocycles. The minimum absolute atomic E-state index is 0.325. The Morgan fingerprint density at radius 2 is 1.68 bits per heavy atom. The van der Waals surface area contributed by atoms with Gasteiger partial charge in [0.2, 0.25) is 0 Å². The summed E-state index contributed by atoms with van der Waals surface area (Å²) in [7, 11) is 1.54. The molecule has 0 aliphatic heterocycles. The Hall–Kier alpha value is -2.80. The second-order valence-electron chi connectivity index (χ2n) is 5.93. The third-order valence-corrected chi connectivity index (χ3v) is 4.64. The third kappa shape index (κ3) is 6.42. The summed E-state index contributed by atoms with van der Waals surface area (Å²) in [6.07, 6.45) is 2.32. The van der Waals surface area contributed by atoms with E-state index in [1.54, 1.807) is 66.4 Å². The van der Waals surface area contributed by atoms with Crippen LogP contribution < -0.4 is 10.1 Å². The first-order chi connectivity index (χ1) is 13.5. The molecule has 148 valence electrons. The SMILES string of the molecule is COc1ccc(C(=O)COC(=O)[C@H](CCSC)NC(=O)c2ccccc2)cc1. The van der Waals surface area contributed by atoms with Crippen molar-refractivity contribution in [1.82, 2.24) is 5.32 Å². The van der Waals surface area contributed by atoms with E-state index in [1.807, 2.05) is 6.26 Å². The topological polar surface area (TPSA) is 81.7 Å². The van der Waals surface area contributed by atoms with Gasteiger partial charge in [-0.3, -0.25) is 9.59 Å². The summed E-state index contributed by atoms with van der Waals surface area (Å²) in [6.45, 7) is -0.387. The number of nitrogens with one attached hydrogen (secondary N) is 1. The van der Waals surface area contributed by atoms with Crippen LogP contribution in [0.25, 0.3) is 0 Å². The minimum Gasteiger partial charge on any atom is -0.497 e. The van der Waals surface area contributed by atoms with Crippen LogP contribution in [0.4, 0.5) is 0 Å². The average Bonchev–Trinajstić information content (AvgIpc) is 2.75. The number of methoxy groups -OCH3 is 1. The van der Waals surface area contributed by atoms with Crippen LogP contribution in [0.2, 0.25) is 0 Å². The third-order valence-electron chi connectivity index (χ3n) is 3.99. The van der Waals surface area contributed by atoms with Crippen LogP contribution in [0.5, 0.6) is 5.75 Å². The highest BCUT2D eigenvalue weighted by Gasteiger charge is 2.23. The Morgan fingerprint density at radius 3 is 2.29 bits per heavy atom.